The first-order chi connectivity index (χ1) is 15.3. The number of likely N-dealkylation sites (tertiary alicyclic amines) is 1. The maximum Gasteiger partial charge on any atom is 0.405 e. The molecule has 2 aromatic heterocycles. The van der Waals surface area contributed by atoms with Crippen molar-refractivity contribution in [2.24, 2.45) is 5.92 Å². The van der Waals surface area contributed by atoms with Gasteiger partial charge in [-0.05, 0) is 18.8 Å². The fourth-order valence-corrected chi connectivity index (χ4v) is 4.80. The third kappa shape index (κ3) is 4.45. The maximum atomic E-state index is 13.0. The summed E-state index contributed by atoms with van der Waals surface area (Å²) in [5, 5.41) is 14.9. The van der Waals surface area contributed by atoms with Crippen molar-refractivity contribution in [3.05, 3.63) is 42.7 Å². The van der Waals surface area contributed by atoms with Gasteiger partial charge >= 0.3 is 6.09 Å². The Balaban J connectivity index is 1.46. The molecule has 1 saturated heterocycles. The zero-order chi connectivity index (χ0) is 22.8. The van der Waals surface area contributed by atoms with Gasteiger partial charge in [-0.1, -0.05) is 55.5 Å². The van der Waals surface area contributed by atoms with Gasteiger partial charge in [-0.15, -0.1) is 0 Å². The summed E-state index contributed by atoms with van der Waals surface area (Å²) in [7, 11) is 0. The van der Waals surface area contributed by atoms with Crippen molar-refractivity contribution >= 4 is 39.2 Å². The minimum Gasteiger partial charge on any atom is -0.465 e. The van der Waals surface area contributed by atoms with Gasteiger partial charge < -0.3 is 20.6 Å². The Bertz CT molecular complexity index is 1110. The number of aromatic nitrogens is 2. The molecule has 32 heavy (non-hydrogen) atoms. The molecule has 2 atom stereocenters. The van der Waals surface area contributed by atoms with Crippen molar-refractivity contribution in [2.75, 3.05) is 11.9 Å². The maximum absolute atomic E-state index is 13.0. The minimum absolute atomic E-state index is 0.230. The second-order valence-corrected chi connectivity index (χ2v) is 9.14. The third-order valence-electron chi connectivity index (χ3n) is 5.52. The quantitative estimate of drug-likeness (QED) is 0.527. The molecule has 3 aromatic rings. The van der Waals surface area contributed by atoms with Gasteiger partial charge in [-0.2, -0.15) is 0 Å². The Morgan fingerprint density at radius 2 is 1.94 bits per heavy atom. The van der Waals surface area contributed by atoms with Gasteiger partial charge in [-0.3, -0.25) is 14.0 Å². The second-order valence-electron chi connectivity index (χ2n) is 8.13. The number of hydrogen-bond acceptors (Lipinski definition) is 5. The van der Waals surface area contributed by atoms with Crippen molar-refractivity contribution in [3.63, 3.8) is 0 Å². The van der Waals surface area contributed by atoms with Crippen LogP contribution >= 0.6 is 11.3 Å². The molecule has 9 nitrogen and oxygen atoms in total. The van der Waals surface area contributed by atoms with E-state index >= 15 is 0 Å². The molecular weight excluding hydrogens is 430 g/mol. The van der Waals surface area contributed by atoms with Crippen LogP contribution in [-0.2, 0) is 9.59 Å². The Kier molecular flexibility index (Phi) is 6.13. The zero-order valence-electron chi connectivity index (χ0n) is 17.8. The summed E-state index contributed by atoms with van der Waals surface area (Å²) in [6.07, 6.45) is 3.69. The van der Waals surface area contributed by atoms with Crippen LogP contribution in [0.25, 0.3) is 16.2 Å². The standard InChI is InChI=1S/C22H25N5O4S/c1-13(2)18(25-22(30)31)20(29)27-10-6-9-16(27)19(28)24-17-12-26-11-15(23-21(26)32-17)14-7-4-3-5-8-14/h3-5,7-8,11-13,16,18,25H,6,9-10H2,1-2H3,(H,24,28)(H,30,31)/t16-,18-/m0/s1. The number of anilines is 1. The number of nitrogens with one attached hydrogen (secondary N) is 2. The SMILES string of the molecule is CC(C)[C@H](NC(=O)O)C(=O)N1CCC[C@H]1C(=O)Nc1cn2cc(-c3ccccc3)nc2s1. The number of nitrogens with zero attached hydrogens (tertiary/aromatic N) is 3. The number of rotatable bonds is 6. The lowest BCUT2D eigenvalue weighted by molar-refractivity contribution is -0.139. The second kappa shape index (κ2) is 8.99. The third-order valence-corrected chi connectivity index (χ3v) is 6.43. The summed E-state index contributed by atoms with van der Waals surface area (Å²) in [4.78, 5) is 43.9. The van der Waals surface area contributed by atoms with E-state index in [4.69, 9.17) is 5.11 Å². The number of thiazole rings is 1. The average Bonchev–Trinajstić information content (AvgIpc) is 3.46. The van der Waals surface area contributed by atoms with Crippen molar-refractivity contribution in [2.45, 2.75) is 38.8 Å². The van der Waals surface area contributed by atoms with E-state index < -0.39 is 18.2 Å². The van der Waals surface area contributed by atoms with E-state index in [1.807, 2.05) is 40.9 Å². The molecule has 4 rings (SSSR count). The van der Waals surface area contributed by atoms with Crippen LogP contribution in [0.15, 0.2) is 42.7 Å². The van der Waals surface area contributed by atoms with Crippen molar-refractivity contribution in [3.8, 4) is 11.3 Å². The first-order valence-corrected chi connectivity index (χ1v) is 11.3. The molecule has 1 aliphatic heterocycles. The summed E-state index contributed by atoms with van der Waals surface area (Å²) in [6, 6.07) is 8.33. The Hall–Kier alpha value is -3.40. The molecule has 0 bridgehead atoms. The Morgan fingerprint density at radius 1 is 1.19 bits per heavy atom. The molecule has 10 heteroatoms. The molecule has 0 unspecified atom stereocenters. The van der Waals surface area contributed by atoms with Crippen LogP contribution < -0.4 is 10.6 Å². The van der Waals surface area contributed by atoms with E-state index in [9.17, 15) is 14.4 Å². The van der Waals surface area contributed by atoms with Gasteiger partial charge in [0.1, 0.15) is 17.1 Å². The number of benzene rings is 1. The smallest absolute Gasteiger partial charge is 0.405 e. The summed E-state index contributed by atoms with van der Waals surface area (Å²) in [5.74, 6) is -0.873. The molecule has 0 saturated carbocycles. The monoisotopic (exact) mass is 455 g/mol. The molecule has 0 aliphatic carbocycles. The fraction of sp³-hybridized carbons (Fsp3) is 0.364. The van der Waals surface area contributed by atoms with E-state index in [1.54, 1.807) is 20.0 Å². The van der Waals surface area contributed by atoms with Crippen LogP contribution in [0.1, 0.15) is 26.7 Å². The molecule has 168 valence electrons. The molecule has 0 radical (unpaired) electrons. The van der Waals surface area contributed by atoms with Crippen LogP contribution in [0.2, 0.25) is 0 Å². The van der Waals surface area contributed by atoms with Gasteiger partial charge in [0.2, 0.25) is 11.8 Å². The number of imidazole rings is 1. The fourth-order valence-electron chi connectivity index (χ4n) is 3.93. The highest BCUT2D eigenvalue weighted by molar-refractivity contribution is 7.21. The molecule has 3 N–H and O–H groups in total. The predicted octanol–water partition coefficient (Wildman–Crippen LogP) is 3.28. The Morgan fingerprint density at radius 3 is 2.59 bits per heavy atom. The molecule has 3 heterocycles. The van der Waals surface area contributed by atoms with Gasteiger partial charge in [0.25, 0.3) is 0 Å². The lowest BCUT2D eigenvalue weighted by atomic mass is 10.0. The highest BCUT2D eigenvalue weighted by Gasteiger charge is 2.38. The van der Waals surface area contributed by atoms with E-state index in [-0.39, 0.29) is 17.7 Å². The zero-order valence-corrected chi connectivity index (χ0v) is 18.6. The van der Waals surface area contributed by atoms with Crippen LogP contribution in [0.5, 0.6) is 0 Å². The van der Waals surface area contributed by atoms with Crippen molar-refractivity contribution < 1.29 is 19.5 Å². The van der Waals surface area contributed by atoms with Crippen LogP contribution in [0.3, 0.4) is 0 Å². The van der Waals surface area contributed by atoms with Crippen LogP contribution in [-0.4, -0.2) is 55.9 Å². The molecule has 1 aliphatic rings. The normalized spacial score (nSPS) is 17.0. The highest BCUT2D eigenvalue weighted by Crippen LogP contribution is 2.28. The van der Waals surface area contributed by atoms with Crippen molar-refractivity contribution in [1.29, 1.82) is 0 Å². The van der Waals surface area contributed by atoms with Gasteiger partial charge in [0.15, 0.2) is 4.96 Å². The van der Waals surface area contributed by atoms with Crippen molar-refractivity contribution in [1.82, 2.24) is 19.6 Å². The number of hydrogen-bond donors (Lipinski definition) is 3. The van der Waals surface area contributed by atoms with Gasteiger partial charge in [0.05, 0.1) is 5.69 Å². The first-order valence-electron chi connectivity index (χ1n) is 10.5. The van der Waals surface area contributed by atoms with E-state index in [2.05, 4.69) is 15.6 Å². The number of carbonyl (C=O) groups is 3. The van der Waals surface area contributed by atoms with E-state index in [0.29, 0.717) is 24.4 Å². The Labute approximate surface area is 189 Å². The highest BCUT2D eigenvalue weighted by atomic mass is 32.1. The number of amides is 3. The van der Waals surface area contributed by atoms with Gasteiger partial charge in [0, 0.05) is 24.5 Å². The van der Waals surface area contributed by atoms with Crippen LogP contribution in [0.4, 0.5) is 9.80 Å². The molecular formula is C22H25N5O4S. The lowest BCUT2D eigenvalue weighted by Gasteiger charge is -2.29. The topological polar surface area (TPSA) is 116 Å². The van der Waals surface area contributed by atoms with Crippen LogP contribution in [0, 0.1) is 5.92 Å². The number of fused-ring (bicyclic) bond motifs is 1. The summed E-state index contributed by atoms with van der Waals surface area (Å²) < 4.78 is 1.87. The lowest BCUT2D eigenvalue weighted by Crippen LogP contribution is -2.54. The molecule has 0 spiro atoms. The molecule has 1 fully saturated rings. The van der Waals surface area contributed by atoms with Gasteiger partial charge in [-0.25, -0.2) is 9.78 Å². The minimum atomic E-state index is -1.26. The number of carbonyl (C=O) groups excluding carboxylic acids is 2. The average molecular weight is 456 g/mol. The van der Waals surface area contributed by atoms with E-state index in [0.717, 1.165) is 16.2 Å². The molecule has 3 amide bonds. The van der Waals surface area contributed by atoms with E-state index in [1.165, 1.54) is 16.2 Å². The largest absolute Gasteiger partial charge is 0.465 e. The summed E-state index contributed by atoms with van der Waals surface area (Å²) in [6.45, 7) is 3.97. The summed E-state index contributed by atoms with van der Waals surface area (Å²) in [5.41, 5.74) is 1.87. The number of carboxylic acid groups (broad SMARTS) is 1. The first kappa shape index (κ1) is 21.8. The predicted molar refractivity (Wildman–Crippen MR) is 122 cm³/mol. The molecule has 1 aromatic carbocycles. The summed E-state index contributed by atoms with van der Waals surface area (Å²) >= 11 is 1.36.